The molecule has 1 aromatic rings. The van der Waals surface area contributed by atoms with Crippen LogP contribution < -0.4 is 5.32 Å². The molecule has 0 spiro atoms. The first-order valence-corrected chi connectivity index (χ1v) is 8.16. The molecule has 20 heavy (non-hydrogen) atoms. The van der Waals surface area contributed by atoms with Crippen molar-refractivity contribution in [2.24, 2.45) is 5.92 Å². The van der Waals surface area contributed by atoms with Gasteiger partial charge in [0.25, 0.3) is 0 Å². The Labute approximate surface area is 129 Å². The van der Waals surface area contributed by atoms with Crippen LogP contribution in [0.4, 0.5) is 4.39 Å². The third-order valence-electron chi connectivity index (χ3n) is 3.92. The first-order valence-electron chi connectivity index (χ1n) is 7.37. The third-order valence-corrected chi connectivity index (χ3v) is 4.42. The van der Waals surface area contributed by atoms with Crippen LogP contribution in [0, 0.1) is 11.7 Å². The zero-order chi connectivity index (χ0) is 14.7. The normalized spacial score (nSPS) is 24.3. The lowest BCUT2D eigenvalue weighted by atomic mass is 9.99. The van der Waals surface area contributed by atoms with Gasteiger partial charge in [0.2, 0.25) is 0 Å². The average Bonchev–Trinajstić information content (AvgIpc) is 2.36. The lowest BCUT2D eigenvalue weighted by Gasteiger charge is -2.39. The maximum atomic E-state index is 14.0. The highest BCUT2D eigenvalue weighted by molar-refractivity contribution is 9.10. The summed E-state index contributed by atoms with van der Waals surface area (Å²) in [6.07, 6.45) is 1.17. The van der Waals surface area contributed by atoms with E-state index in [4.69, 9.17) is 0 Å². The number of nitrogens with zero attached hydrogens (tertiary/aromatic N) is 1. The minimum atomic E-state index is -0.120. The Morgan fingerprint density at radius 3 is 2.85 bits per heavy atom. The average molecular weight is 343 g/mol. The van der Waals surface area contributed by atoms with Gasteiger partial charge in [0.1, 0.15) is 5.82 Å². The van der Waals surface area contributed by atoms with Crippen LogP contribution in [0.3, 0.4) is 0 Å². The van der Waals surface area contributed by atoms with Crippen LogP contribution in [0.2, 0.25) is 0 Å². The van der Waals surface area contributed by atoms with Gasteiger partial charge in [0.05, 0.1) is 0 Å². The molecule has 1 heterocycles. The van der Waals surface area contributed by atoms with Gasteiger partial charge in [-0.3, -0.25) is 4.90 Å². The number of nitrogens with one attached hydrogen (secondary N) is 1. The summed E-state index contributed by atoms with van der Waals surface area (Å²) in [5.41, 5.74) is 0.783. The molecule has 1 aliphatic heterocycles. The summed E-state index contributed by atoms with van der Waals surface area (Å²) >= 11 is 3.31. The molecule has 0 radical (unpaired) electrons. The van der Waals surface area contributed by atoms with E-state index in [1.165, 1.54) is 6.42 Å². The molecule has 0 saturated carbocycles. The Kier molecular flexibility index (Phi) is 5.58. The van der Waals surface area contributed by atoms with E-state index in [1.807, 2.05) is 12.1 Å². The molecule has 0 aliphatic carbocycles. The van der Waals surface area contributed by atoms with Gasteiger partial charge in [0, 0.05) is 41.8 Å². The van der Waals surface area contributed by atoms with Crippen molar-refractivity contribution < 1.29 is 4.39 Å². The van der Waals surface area contributed by atoms with Gasteiger partial charge in [-0.25, -0.2) is 4.39 Å². The molecular formula is C16H24BrFN2. The SMILES string of the molecule is CC(C)CC1CN(Cc2ccc(Br)cc2F)C(C)CN1. The molecule has 0 amide bonds. The van der Waals surface area contributed by atoms with E-state index in [0.29, 0.717) is 24.5 Å². The zero-order valence-corrected chi connectivity index (χ0v) is 14.1. The second-order valence-electron chi connectivity index (χ2n) is 6.25. The molecule has 1 fully saturated rings. The van der Waals surface area contributed by atoms with E-state index in [9.17, 15) is 4.39 Å². The Morgan fingerprint density at radius 2 is 2.20 bits per heavy atom. The summed E-state index contributed by atoms with van der Waals surface area (Å²) in [6, 6.07) is 6.31. The van der Waals surface area contributed by atoms with Crippen LogP contribution in [-0.2, 0) is 6.54 Å². The lowest BCUT2D eigenvalue weighted by molar-refractivity contribution is 0.123. The van der Waals surface area contributed by atoms with Crippen LogP contribution in [0.15, 0.2) is 22.7 Å². The molecule has 4 heteroatoms. The van der Waals surface area contributed by atoms with E-state index >= 15 is 0 Å². The maximum absolute atomic E-state index is 14.0. The number of rotatable bonds is 4. The summed E-state index contributed by atoms with van der Waals surface area (Å²) in [7, 11) is 0. The molecule has 1 N–H and O–H groups in total. The summed E-state index contributed by atoms with van der Waals surface area (Å²) in [6.45, 7) is 9.37. The molecule has 2 atom stereocenters. The van der Waals surface area contributed by atoms with Crippen LogP contribution in [0.5, 0.6) is 0 Å². The fraction of sp³-hybridized carbons (Fsp3) is 0.625. The number of benzene rings is 1. The standard InChI is InChI=1S/C16H24BrFN2/c1-11(2)6-15-10-20(12(3)8-19-15)9-13-4-5-14(17)7-16(13)18/h4-5,7,11-12,15,19H,6,8-10H2,1-3H3. The maximum Gasteiger partial charge on any atom is 0.128 e. The van der Waals surface area contributed by atoms with Crippen molar-refractivity contribution in [3.8, 4) is 0 Å². The van der Waals surface area contributed by atoms with E-state index < -0.39 is 0 Å². The highest BCUT2D eigenvalue weighted by Gasteiger charge is 2.25. The molecule has 2 unspecified atom stereocenters. The highest BCUT2D eigenvalue weighted by atomic mass is 79.9. The Balaban J connectivity index is 2.02. The Hall–Kier alpha value is -0.450. The van der Waals surface area contributed by atoms with Gasteiger partial charge in [-0.05, 0) is 31.4 Å². The summed E-state index contributed by atoms with van der Waals surface area (Å²) in [4.78, 5) is 2.38. The molecule has 1 aliphatic rings. The van der Waals surface area contributed by atoms with Crippen molar-refractivity contribution in [3.63, 3.8) is 0 Å². The van der Waals surface area contributed by atoms with E-state index in [2.05, 4.69) is 46.9 Å². The van der Waals surface area contributed by atoms with E-state index in [-0.39, 0.29) is 5.82 Å². The Morgan fingerprint density at radius 1 is 1.45 bits per heavy atom. The molecule has 112 valence electrons. The molecule has 1 saturated heterocycles. The van der Waals surface area contributed by atoms with E-state index in [0.717, 1.165) is 23.1 Å². The van der Waals surface area contributed by atoms with Gasteiger partial charge in [-0.15, -0.1) is 0 Å². The minimum Gasteiger partial charge on any atom is -0.311 e. The fourth-order valence-electron chi connectivity index (χ4n) is 2.81. The number of hydrogen-bond acceptors (Lipinski definition) is 2. The second-order valence-corrected chi connectivity index (χ2v) is 7.16. The molecule has 0 bridgehead atoms. The largest absolute Gasteiger partial charge is 0.311 e. The van der Waals surface area contributed by atoms with Crippen molar-refractivity contribution in [2.75, 3.05) is 13.1 Å². The minimum absolute atomic E-state index is 0.120. The zero-order valence-electron chi connectivity index (χ0n) is 12.5. The Bertz CT molecular complexity index is 450. The smallest absolute Gasteiger partial charge is 0.128 e. The second kappa shape index (κ2) is 7.01. The molecule has 0 aromatic heterocycles. The predicted molar refractivity (Wildman–Crippen MR) is 85.2 cm³/mol. The first kappa shape index (κ1) is 15.9. The van der Waals surface area contributed by atoms with Crippen LogP contribution in [0.25, 0.3) is 0 Å². The monoisotopic (exact) mass is 342 g/mol. The third kappa shape index (κ3) is 4.27. The van der Waals surface area contributed by atoms with Crippen molar-refractivity contribution in [2.45, 2.75) is 45.8 Å². The lowest BCUT2D eigenvalue weighted by Crippen LogP contribution is -2.55. The number of hydrogen-bond donors (Lipinski definition) is 1. The summed E-state index contributed by atoms with van der Waals surface area (Å²) < 4.78 is 14.8. The summed E-state index contributed by atoms with van der Waals surface area (Å²) in [5, 5.41) is 3.60. The van der Waals surface area contributed by atoms with Gasteiger partial charge in [-0.1, -0.05) is 35.8 Å². The van der Waals surface area contributed by atoms with Gasteiger partial charge in [0.15, 0.2) is 0 Å². The highest BCUT2D eigenvalue weighted by Crippen LogP contribution is 2.20. The van der Waals surface area contributed by atoms with Crippen LogP contribution in [0.1, 0.15) is 32.8 Å². The van der Waals surface area contributed by atoms with Crippen molar-refractivity contribution in [3.05, 3.63) is 34.1 Å². The molecular weight excluding hydrogens is 319 g/mol. The fourth-order valence-corrected chi connectivity index (χ4v) is 3.14. The van der Waals surface area contributed by atoms with Gasteiger partial charge >= 0.3 is 0 Å². The number of halogens is 2. The summed E-state index contributed by atoms with van der Waals surface area (Å²) in [5.74, 6) is 0.567. The van der Waals surface area contributed by atoms with Crippen molar-refractivity contribution in [1.82, 2.24) is 10.2 Å². The van der Waals surface area contributed by atoms with Crippen molar-refractivity contribution in [1.29, 1.82) is 0 Å². The quantitative estimate of drug-likeness (QED) is 0.895. The van der Waals surface area contributed by atoms with E-state index in [1.54, 1.807) is 6.07 Å². The van der Waals surface area contributed by atoms with Gasteiger partial charge in [-0.2, -0.15) is 0 Å². The van der Waals surface area contributed by atoms with Crippen LogP contribution in [-0.4, -0.2) is 30.1 Å². The predicted octanol–water partition coefficient (Wildman–Crippen LogP) is 3.80. The molecule has 2 nitrogen and oxygen atoms in total. The molecule has 2 rings (SSSR count). The van der Waals surface area contributed by atoms with Gasteiger partial charge < -0.3 is 5.32 Å². The van der Waals surface area contributed by atoms with Crippen LogP contribution >= 0.6 is 15.9 Å². The molecule has 1 aromatic carbocycles. The number of piperazine rings is 1. The first-order chi connectivity index (χ1) is 9.45. The topological polar surface area (TPSA) is 15.3 Å². The van der Waals surface area contributed by atoms with Crippen molar-refractivity contribution >= 4 is 15.9 Å².